The highest BCUT2D eigenvalue weighted by Crippen LogP contribution is 2.34. The molecular weight excluding hydrogens is 462 g/mol. The lowest BCUT2D eigenvalue weighted by Crippen LogP contribution is -2.49. The summed E-state index contributed by atoms with van der Waals surface area (Å²) in [6, 6.07) is 8.77. The molecule has 10 nitrogen and oxygen atoms in total. The van der Waals surface area contributed by atoms with Crippen LogP contribution in [0.5, 0.6) is 5.75 Å². The summed E-state index contributed by atoms with van der Waals surface area (Å²) in [5.74, 6) is 0.570. The van der Waals surface area contributed by atoms with E-state index in [4.69, 9.17) is 4.98 Å². The molecule has 0 aliphatic carbocycles. The zero-order chi connectivity index (χ0) is 23.0. The second-order valence-corrected chi connectivity index (χ2v) is 10.6. The van der Waals surface area contributed by atoms with E-state index >= 15 is 0 Å². The zero-order valence-corrected chi connectivity index (χ0v) is 19.6. The Morgan fingerprint density at radius 1 is 1.21 bits per heavy atom. The highest BCUT2D eigenvalue weighted by Gasteiger charge is 2.30. The van der Waals surface area contributed by atoms with Gasteiger partial charge in [-0.05, 0) is 24.6 Å². The maximum Gasteiger partial charge on any atom is 0.281 e. The zero-order valence-electron chi connectivity index (χ0n) is 17.9. The third-order valence-electron chi connectivity index (χ3n) is 5.52. The second kappa shape index (κ2) is 8.71. The lowest BCUT2D eigenvalue weighted by Gasteiger charge is -2.32. The first-order valence-corrected chi connectivity index (χ1v) is 12.7. The van der Waals surface area contributed by atoms with Crippen LogP contribution in [0.4, 0.5) is 5.95 Å². The Morgan fingerprint density at radius 3 is 2.94 bits per heavy atom. The van der Waals surface area contributed by atoms with Crippen LogP contribution in [0, 0.1) is 0 Å². The van der Waals surface area contributed by atoms with Gasteiger partial charge in [-0.25, -0.2) is 15.0 Å². The molecule has 172 valence electrons. The van der Waals surface area contributed by atoms with Crippen molar-refractivity contribution < 1.29 is 13.5 Å². The third kappa shape index (κ3) is 4.17. The van der Waals surface area contributed by atoms with Crippen molar-refractivity contribution >= 4 is 32.5 Å². The number of imidazole rings is 1. The predicted octanol–water partition coefficient (Wildman–Crippen LogP) is 2.52. The summed E-state index contributed by atoms with van der Waals surface area (Å²) in [5.41, 5.74) is 2.96. The highest BCUT2D eigenvalue weighted by atomic mass is 32.2. The molecule has 12 heteroatoms. The first-order chi connectivity index (χ1) is 15.9. The lowest BCUT2D eigenvalue weighted by atomic mass is 10.1. The van der Waals surface area contributed by atoms with E-state index in [1.165, 1.54) is 19.9 Å². The molecule has 0 saturated carbocycles. The van der Waals surface area contributed by atoms with Gasteiger partial charge in [-0.15, -0.1) is 11.3 Å². The van der Waals surface area contributed by atoms with Crippen molar-refractivity contribution in [2.45, 2.75) is 6.42 Å². The molecular formula is C21H23N7O3S2. The van der Waals surface area contributed by atoms with Crippen LogP contribution >= 0.6 is 11.3 Å². The topological polar surface area (TPSA) is 116 Å². The van der Waals surface area contributed by atoms with E-state index in [0.29, 0.717) is 43.5 Å². The van der Waals surface area contributed by atoms with Gasteiger partial charge < -0.3 is 10.4 Å². The van der Waals surface area contributed by atoms with E-state index in [2.05, 4.69) is 15.3 Å². The Bertz CT molecular complexity index is 1400. The number of thiazole rings is 1. The van der Waals surface area contributed by atoms with Crippen LogP contribution < -0.4 is 5.32 Å². The van der Waals surface area contributed by atoms with Crippen molar-refractivity contribution in [1.29, 1.82) is 0 Å². The van der Waals surface area contributed by atoms with Gasteiger partial charge in [0, 0.05) is 56.6 Å². The fraction of sp³-hybridized carbons (Fsp3) is 0.286. The van der Waals surface area contributed by atoms with Crippen molar-refractivity contribution in [2.75, 3.05) is 38.5 Å². The summed E-state index contributed by atoms with van der Waals surface area (Å²) >= 11 is 1.51. The van der Waals surface area contributed by atoms with E-state index in [1.807, 2.05) is 28.1 Å². The maximum absolute atomic E-state index is 12.4. The van der Waals surface area contributed by atoms with Gasteiger partial charge in [0.15, 0.2) is 4.96 Å². The lowest BCUT2D eigenvalue weighted by molar-refractivity contribution is 0.313. The van der Waals surface area contributed by atoms with Gasteiger partial charge in [-0.1, -0.05) is 12.1 Å². The van der Waals surface area contributed by atoms with Gasteiger partial charge in [0.25, 0.3) is 10.2 Å². The molecule has 3 aromatic heterocycles. The molecule has 0 radical (unpaired) electrons. The molecule has 5 rings (SSSR count). The average Bonchev–Trinajstić information content (AvgIpc) is 3.38. The molecule has 4 heterocycles. The van der Waals surface area contributed by atoms with Crippen molar-refractivity contribution in [3.63, 3.8) is 0 Å². The molecule has 4 aromatic rings. The number of phenolic OH excluding ortho intramolecular Hbond substituents is 1. The quantitative estimate of drug-likeness (QED) is 0.431. The third-order valence-corrected chi connectivity index (χ3v) is 8.27. The van der Waals surface area contributed by atoms with Crippen molar-refractivity contribution in [3.8, 4) is 28.4 Å². The second-order valence-electron chi connectivity index (χ2n) is 7.69. The number of fused-ring (bicyclic) bond motifs is 1. The Kier molecular flexibility index (Phi) is 5.74. The maximum atomic E-state index is 12.4. The van der Waals surface area contributed by atoms with E-state index in [-0.39, 0.29) is 5.75 Å². The van der Waals surface area contributed by atoms with E-state index < -0.39 is 10.2 Å². The molecule has 33 heavy (non-hydrogen) atoms. The first kappa shape index (κ1) is 21.8. The Morgan fingerprint density at radius 2 is 2.09 bits per heavy atom. The van der Waals surface area contributed by atoms with Gasteiger partial charge in [0.2, 0.25) is 5.95 Å². The summed E-state index contributed by atoms with van der Waals surface area (Å²) in [6.45, 7) is 1.77. The molecule has 0 amide bonds. The number of phenols is 1. The molecule has 1 aromatic carbocycles. The Hall–Kier alpha value is -3.06. The standard InChI is InChI=1S/C21H23N7O3S2/c1-26-9-3-10-27(33(26,30)31)11-8-23-20-22-7-6-17(24-20)19-18(15-4-2-5-16(29)14-15)25-21-28(19)12-13-32-21/h2,4-7,12-14,29H,3,8-11H2,1H3,(H,22,23,24). The monoisotopic (exact) mass is 485 g/mol. The Labute approximate surface area is 195 Å². The van der Waals surface area contributed by atoms with E-state index in [0.717, 1.165) is 22.6 Å². The number of nitrogens with zero attached hydrogens (tertiary/aromatic N) is 6. The molecule has 1 fully saturated rings. The van der Waals surface area contributed by atoms with Crippen LogP contribution in [0.15, 0.2) is 48.1 Å². The average molecular weight is 486 g/mol. The molecule has 0 bridgehead atoms. The minimum atomic E-state index is -3.40. The van der Waals surface area contributed by atoms with E-state index in [1.54, 1.807) is 31.4 Å². The highest BCUT2D eigenvalue weighted by molar-refractivity contribution is 7.86. The molecule has 0 atom stereocenters. The van der Waals surface area contributed by atoms with Gasteiger partial charge in [0.05, 0.1) is 11.4 Å². The Balaban J connectivity index is 1.41. The molecule has 2 N–H and O–H groups in total. The summed E-state index contributed by atoms with van der Waals surface area (Å²) in [4.78, 5) is 14.5. The minimum Gasteiger partial charge on any atom is -0.508 e. The largest absolute Gasteiger partial charge is 0.508 e. The fourth-order valence-corrected chi connectivity index (χ4v) is 6.03. The fourth-order valence-electron chi connectivity index (χ4n) is 3.88. The number of aromatic hydroxyl groups is 1. The van der Waals surface area contributed by atoms with Crippen LogP contribution in [0.2, 0.25) is 0 Å². The number of benzene rings is 1. The van der Waals surface area contributed by atoms with Gasteiger partial charge in [0.1, 0.15) is 11.4 Å². The van der Waals surface area contributed by atoms with Crippen LogP contribution in [0.3, 0.4) is 0 Å². The van der Waals surface area contributed by atoms with Crippen molar-refractivity contribution in [1.82, 2.24) is 28.0 Å². The normalized spacial score (nSPS) is 16.9. The summed E-state index contributed by atoms with van der Waals surface area (Å²) in [6.07, 6.45) is 4.40. The molecule has 1 aliphatic heterocycles. The number of anilines is 1. The number of nitrogens with one attached hydrogen (secondary N) is 1. The van der Waals surface area contributed by atoms with Gasteiger partial charge in [-0.2, -0.15) is 17.0 Å². The molecule has 1 saturated heterocycles. The van der Waals surface area contributed by atoms with Gasteiger partial charge in [-0.3, -0.25) is 4.40 Å². The molecule has 0 spiro atoms. The van der Waals surface area contributed by atoms with Crippen molar-refractivity contribution in [2.24, 2.45) is 0 Å². The number of hydrogen-bond donors (Lipinski definition) is 2. The van der Waals surface area contributed by atoms with Gasteiger partial charge >= 0.3 is 0 Å². The van der Waals surface area contributed by atoms with Crippen LogP contribution in [0.1, 0.15) is 6.42 Å². The SMILES string of the molecule is CN1CCCN(CCNc2nccc(-c3c(-c4cccc(O)c4)nc4sccn34)n2)S1(=O)=O. The summed E-state index contributed by atoms with van der Waals surface area (Å²) < 4.78 is 29.7. The molecule has 0 unspecified atom stereocenters. The first-order valence-electron chi connectivity index (χ1n) is 10.5. The van der Waals surface area contributed by atoms with Crippen LogP contribution in [0.25, 0.3) is 27.6 Å². The number of hydrogen-bond acceptors (Lipinski definition) is 8. The smallest absolute Gasteiger partial charge is 0.281 e. The number of aromatic nitrogens is 4. The molecule has 1 aliphatic rings. The number of rotatable bonds is 6. The predicted molar refractivity (Wildman–Crippen MR) is 127 cm³/mol. The summed E-state index contributed by atoms with van der Waals surface area (Å²) in [5, 5.41) is 15.0. The minimum absolute atomic E-state index is 0.165. The van der Waals surface area contributed by atoms with Crippen molar-refractivity contribution in [3.05, 3.63) is 48.1 Å². The van der Waals surface area contributed by atoms with Crippen LogP contribution in [-0.4, -0.2) is 74.7 Å². The van der Waals surface area contributed by atoms with Crippen LogP contribution in [-0.2, 0) is 10.2 Å². The van der Waals surface area contributed by atoms with E-state index in [9.17, 15) is 13.5 Å². The summed E-state index contributed by atoms with van der Waals surface area (Å²) in [7, 11) is -1.80.